The Morgan fingerprint density at radius 1 is 1.03 bits per heavy atom. The Balaban J connectivity index is 1.40. The lowest BCUT2D eigenvalue weighted by molar-refractivity contribution is 0.306. The van der Waals surface area contributed by atoms with Gasteiger partial charge in [0.2, 0.25) is 0 Å². The molecule has 0 spiro atoms. The maximum atomic E-state index is 6.22. The molecule has 7 nitrogen and oxygen atoms in total. The molecule has 5 aromatic rings. The summed E-state index contributed by atoms with van der Waals surface area (Å²) >= 11 is 12.4. The SMILES string of the molecule is CN(C)CCNc1ccc2nc(-c3c[nH]c4ccc(OCc5c(Cl)cncc5Cl)cc34)[nH]c2c1. The van der Waals surface area contributed by atoms with E-state index < -0.39 is 0 Å². The molecule has 0 bridgehead atoms. The summed E-state index contributed by atoms with van der Waals surface area (Å²) in [5, 5.41) is 5.42. The van der Waals surface area contributed by atoms with Gasteiger partial charge in [-0.3, -0.25) is 4.98 Å². The van der Waals surface area contributed by atoms with E-state index in [-0.39, 0.29) is 6.61 Å². The number of anilines is 1. The highest BCUT2D eigenvalue weighted by molar-refractivity contribution is 6.35. The summed E-state index contributed by atoms with van der Waals surface area (Å²) in [7, 11) is 4.13. The average molecular weight is 495 g/mol. The first-order chi connectivity index (χ1) is 16.5. The molecule has 0 radical (unpaired) electrons. The molecule has 0 aliphatic rings. The lowest BCUT2D eigenvalue weighted by atomic mass is 10.1. The Morgan fingerprint density at radius 2 is 1.85 bits per heavy atom. The van der Waals surface area contributed by atoms with Crippen molar-refractivity contribution in [2.24, 2.45) is 0 Å². The lowest BCUT2D eigenvalue weighted by Gasteiger charge is -2.11. The Hall–Kier alpha value is -3.26. The molecule has 0 saturated heterocycles. The number of aromatic amines is 2. The molecule has 0 fully saturated rings. The van der Waals surface area contributed by atoms with Gasteiger partial charge < -0.3 is 24.9 Å². The van der Waals surface area contributed by atoms with Gasteiger partial charge in [-0.25, -0.2) is 4.98 Å². The van der Waals surface area contributed by atoms with Crippen LogP contribution in [0.25, 0.3) is 33.3 Å². The number of nitrogens with zero attached hydrogens (tertiary/aromatic N) is 3. The van der Waals surface area contributed by atoms with Gasteiger partial charge in [0, 0.05) is 59.4 Å². The topological polar surface area (TPSA) is 81.9 Å². The minimum atomic E-state index is 0.250. The molecule has 34 heavy (non-hydrogen) atoms. The van der Waals surface area contributed by atoms with Crippen molar-refractivity contribution in [1.82, 2.24) is 24.8 Å². The zero-order valence-corrected chi connectivity index (χ0v) is 20.3. The van der Waals surface area contributed by atoms with Gasteiger partial charge in [-0.15, -0.1) is 0 Å². The fourth-order valence-electron chi connectivity index (χ4n) is 3.79. The maximum absolute atomic E-state index is 6.22. The highest BCUT2D eigenvalue weighted by Gasteiger charge is 2.13. The predicted octanol–water partition coefficient (Wildman–Crippen LogP) is 5.97. The van der Waals surface area contributed by atoms with Crippen LogP contribution in [0.15, 0.2) is 55.0 Å². The number of hydrogen-bond donors (Lipinski definition) is 3. The third-order valence-electron chi connectivity index (χ3n) is 5.61. The molecule has 9 heteroatoms. The number of hydrogen-bond acceptors (Lipinski definition) is 5. The van der Waals surface area contributed by atoms with Gasteiger partial charge in [-0.1, -0.05) is 23.2 Å². The van der Waals surface area contributed by atoms with Crippen LogP contribution in [0.4, 0.5) is 5.69 Å². The number of nitrogens with one attached hydrogen (secondary N) is 3. The fraction of sp³-hybridized carbons (Fsp3) is 0.200. The summed E-state index contributed by atoms with van der Waals surface area (Å²) in [5.74, 6) is 1.50. The van der Waals surface area contributed by atoms with Crippen LogP contribution in [0.1, 0.15) is 5.56 Å². The van der Waals surface area contributed by atoms with Crippen LogP contribution >= 0.6 is 23.2 Å². The molecule has 174 valence electrons. The second-order valence-electron chi connectivity index (χ2n) is 8.33. The smallest absolute Gasteiger partial charge is 0.140 e. The first kappa shape index (κ1) is 22.5. The van der Waals surface area contributed by atoms with Gasteiger partial charge in [-0.2, -0.15) is 0 Å². The predicted molar refractivity (Wildman–Crippen MR) is 139 cm³/mol. The van der Waals surface area contributed by atoms with Crippen molar-refractivity contribution in [3.63, 3.8) is 0 Å². The molecule has 3 aromatic heterocycles. The van der Waals surface area contributed by atoms with Gasteiger partial charge in [0.05, 0.1) is 21.1 Å². The minimum Gasteiger partial charge on any atom is -0.489 e. The molecule has 0 saturated carbocycles. The first-order valence-electron chi connectivity index (χ1n) is 10.9. The number of pyridine rings is 1. The summed E-state index contributed by atoms with van der Waals surface area (Å²) in [6.45, 7) is 2.09. The van der Waals surface area contributed by atoms with Crippen molar-refractivity contribution in [3.05, 3.63) is 70.6 Å². The standard InChI is InChI=1S/C25H24Cl2N6O/c1-33(2)8-7-29-15-3-5-23-24(9-15)32-25(31-23)18-11-30-22-6-4-16(10-17(18)22)34-14-19-20(26)12-28-13-21(19)27/h3-6,9-13,29-30H,7-8,14H2,1-2H3,(H,31,32). The van der Waals surface area contributed by atoms with Crippen LogP contribution in [0.2, 0.25) is 10.0 Å². The largest absolute Gasteiger partial charge is 0.489 e. The molecular formula is C25H24Cl2N6O. The van der Waals surface area contributed by atoms with E-state index in [2.05, 4.69) is 51.4 Å². The molecule has 3 heterocycles. The molecule has 0 unspecified atom stereocenters. The number of rotatable bonds is 8. The first-order valence-corrected chi connectivity index (χ1v) is 11.6. The monoisotopic (exact) mass is 494 g/mol. The summed E-state index contributed by atoms with van der Waals surface area (Å²) in [5.41, 5.74) is 5.63. The Labute approximate surface area is 207 Å². The number of ether oxygens (including phenoxy) is 1. The van der Waals surface area contributed by atoms with Crippen molar-refractivity contribution in [3.8, 4) is 17.1 Å². The number of fused-ring (bicyclic) bond motifs is 2. The molecule has 3 N–H and O–H groups in total. The lowest BCUT2D eigenvalue weighted by Crippen LogP contribution is -2.20. The van der Waals surface area contributed by atoms with E-state index in [1.165, 1.54) is 0 Å². The molecule has 2 aromatic carbocycles. The number of aromatic nitrogens is 4. The maximum Gasteiger partial charge on any atom is 0.140 e. The summed E-state index contributed by atoms with van der Waals surface area (Å²) in [6, 6.07) is 12.1. The third kappa shape index (κ3) is 4.68. The second kappa shape index (κ2) is 9.54. The average Bonchev–Trinajstić information content (AvgIpc) is 3.41. The molecule has 0 amide bonds. The Morgan fingerprint density at radius 3 is 2.65 bits per heavy atom. The molecule has 0 atom stereocenters. The van der Waals surface area contributed by atoms with E-state index in [0.717, 1.165) is 52.1 Å². The normalized spacial score (nSPS) is 11.6. The Bertz CT molecular complexity index is 1440. The van der Waals surface area contributed by atoms with Gasteiger partial charge >= 0.3 is 0 Å². The van der Waals surface area contributed by atoms with E-state index in [0.29, 0.717) is 21.4 Å². The highest BCUT2D eigenvalue weighted by atomic mass is 35.5. The van der Waals surface area contributed by atoms with E-state index in [1.54, 1.807) is 12.4 Å². The van der Waals surface area contributed by atoms with Gasteiger partial charge in [0.1, 0.15) is 18.2 Å². The molecule has 0 aliphatic heterocycles. The molecular weight excluding hydrogens is 471 g/mol. The van der Waals surface area contributed by atoms with Crippen molar-refractivity contribution in [2.75, 3.05) is 32.5 Å². The van der Waals surface area contributed by atoms with Crippen LogP contribution in [-0.4, -0.2) is 52.0 Å². The summed E-state index contributed by atoms with van der Waals surface area (Å²) < 4.78 is 6.00. The van der Waals surface area contributed by atoms with Crippen LogP contribution in [0.5, 0.6) is 5.75 Å². The van der Waals surface area contributed by atoms with Crippen LogP contribution in [0, 0.1) is 0 Å². The van der Waals surface area contributed by atoms with Gasteiger partial charge in [0.25, 0.3) is 0 Å². The number of halogens is 2. The fourth-order valence-corrected chi connectivity index (χ4v) is 4.26. The van der Waals surface area contributed by atoms with Crippen molar-refractivity contribution in [2.45, 2.75) is 6.61 Å². The second-order valence-corrected chi connectivity index (χ2v) is 9.14. The number of likely N-dealkylation sites (N-methyl/N-ethyl adjacent to an activating group) is 1. The highest BCUT2D eigenvalue weighted by Crippen LogP contribution is 2.32. The number of H-pyrrole nitrogens is 2. The zero-order chi connectivity index (χ0) is 23.7. The molecule has 5 rings (SSSR count). The van der Waals surface area contributed by atoms with E-state index in [1.807, 2.05) is 30.5 Å². The zero-order valence-electron chi connectivity index (χ0n) is 18.8. The van der Waals surface area contributed by atoms with Crippen molar-refractivity contribution in [1.29, 1.82) is 0 Å². The number of imidazole rings is 1. The van der Waals surface area contributed by atoms with Crippen molar-refractivity contribution >= 4 is 50.8 Å². The third-order valence-corrected chi connectivity index (χ3v) is 6.27. The van der Waals surface area contributed by atoms with Crippen LogP contribution < -0.4 is 10.1 Å². The number of benzene rings is 2. The van der Waals surface area contributed by atoms with Crippen LogP contribution in [-0.2, 0) is 6.61 Å². The summed E-state index contributed by atoms with van der Waals surface area (Å²) in [6.07, 6.45) is 5.08. The minimum absolute atomic E-state index is 0.250. The van der Waals surface area contributed by atoms with E-state index in [9.17, 15) is 0 Å². The van der Waals surface area contributed by atoms with E-state index in [4.69, 9.17) is 32.9 Å². The van der Waals surface area contributed by atoms with E-state index >= 15 is 0 Å². The van der Waals surface area contributed by atoms with Crippen molar-refractivity contribution < 1.29 is 4.74 Å². The van der Waals surface area contributed by atoms with Gasteiger partial charge in [-0.05, 0) is 50.5 Å². The quantitative estimate of drug-likeness (QED) is 0.247. The van der Waals surface area contributed by atoms with Gasteiger partial charge in [0.15, 0.2) is 0 Å². The van der Waals surface area contributed by atoms with Crippen LogP contribution in [0.3, 0.4) is 0 Å². The molecule has 0 aliphatic carbocycles. The summed E-state index contributed by atoms with van der Waals surface area (Å²) in [4.78, 5) is 17.7. The Kier molecular flexibility index (Phi) is 6.32.